The van der Waals surface area contributed by atoms with Gasteiger partial charge in [0.15, 0.2) is 5.79 Å². The van der Waals surface area contributed by atoms with Crippen LogP contribution in [0.15, 0.2) is 24.3 Å². The zero-order chi connectivity index (χ0) is 15.6. The Bertz CT molecular complexity index is 500. The van der Waals surface area contributed by atoms with Crippen LogP contribution in [0.3, 0.4) is 0 Å². The highest BCUT2D eigenvalue weighted by Gasteiger charge is 2.40. The number of rotatable bonds is 3. The molecule has 1 saturated carbocycles. The average Bonchev–Trinajstić information content (AvgIpc) is 2.95. The fourth-order valence-corrected chi connectivity index (χ4v) is 3.04. The van der Waals surface area contributed by atoms with Crippen molar-refractivity contribution in [2.24, 2.45) is 0 Å². The summed E-state index contributed by atoms with van der Waals surface area (Å²) in [6.07, 6.45) is -1.10. The van der Waals surface area contributed by atoms with E-state index in [0.717, 1.165) is 37.8 Å². The minimum atomic E-state index is -4.32. The third kappa shape index (κ3) is 3.62. The van der Waals surface area contributed by atoms with Crippen molar-refractivity contribution in [3.8, 4) is 0 Å². The number of ether oxygens (including phenoxy) is 3. The van der Waals surface area contributed by atoms with Gasteiger partial charge in [-0.05, 0) is 30.5 Å². The van der Waals surface area contributed by atoms with Crippen molar-refractivity contribution in [2.45, 2.75) is 50.4 Å². The van der Waals surface area contributed by atoms with Gasteiger partial charge in [0.1, 0.15) is 0 Å². The second-order valence-electron chi connectivity index (χ2n) is 5.82. The summed E-state index contributed by atoms with van der Waals surface area (Å²) in [6, 6.07) is 5.29. The first-order chi connectivity index (χ1) is 10.5. The lowest BCUT2D eigenvalue weighted by Crippen LogP contribution is -2.37. The monoisotopic (exact) mass is 316 g/mol. The molecule has 0 atom stereocenters. The Balaban J connectivity index is 1.51. The van der Waals surface area contributed by atoms with Gasteiger partial charge in [0, 0.05) is 12.8 Å². The molecule has 1 heterocycles. The van der Waals surface area contributed by atoms with E-state index in [4.69, 9.17) is 14.2 Å². The summed E-state index contributed by atoms with van der Waals surface area (Å²) >= 11 is 0. The van der Waals surface area contributed by atoms with Crippen molar-refractivity contribution in [3.63, 3.8) is 0 Å². The zero-order valence-corrected chi connectivity index (χ0v) is 12.2. The van der Waals surface area contributed by atoms with Crippen LogP contribution in [0.2, 0.25) is 0 Å². The molecule has 0 unspecified atom stereocenters. The number of hydrogen-bond donors (Lipinski definition) is 0. The highest BCUT2D eigenvalue weighted by atomic mass is 19.4. The van der Waals surface area contributed by atoms with Crippen LogP contribution in [0, 0.1) is 0 Å². The van der Waals surface area contributed by atoms with Crippen LogP contribution in [0.4, 0.5) is 13.2 Å². The quantitative estimate of drug-likeness (QED) is 0.846. The molecule has 1 saturated heterocycles. The van der Waals surface area contributed by atoms with E-state index in [-0.39, 0.29) is 12.7 Å². The Labute approximate surface area is 127 Å². The standard InChI is InChI=1S/C16H19F3O3/c17-16(18,19)13-3-1-2-12(10-13)11-20-14-4-6-15(7-5-14)21-8-9-22-15/h1-3,10,14H,4-9,11H2. The van der Waals surface area contributed by atoms with Crippen LogP contribution in [0.25, 0.3) is 0 Å². The van der Waals surface area contributed by atoms with E-state index in [1.54, 1.807) is 6.07 Å². The Morgan fingerprint density at radius 3 is 2.45 bits per heavy atom. The minimum Gasteiger partial charge on any atom is -0.374 e. The van der Waals surface area contributed by atoms with Crippen molar-refractivity contribution in [1.82, 2.24) is 0 Å². The molecule has 1 aromatic carbocycles. The zero-order valence-electron chi connectivity index (χ0n) is 12.2. The molecule has 2 aliphatic rings. The summed E-state index contributed by atoms with van der Waals surface area (Å²) in [4.78, 5) is 0. The first kappa shape index (κ1) is 15.8. The molecule has 3 rings (SSSR count). The third-order valence-electron chi connectivity index (χ3n) is 4.25. The normalized spacial score (nSPS) is 22.3. The second kappa shape index (κ2) is 6.18. The second-order valence-corrected chi connectivity index (χ2v) is 5.82. The molecule has 2 fully saturated rings. The van der Waals surface area contributed by atoms with Crippen LogP contribution in [-0.4, -0.2) is 25.1 Å². The SMILES string of the molecule is FC(F)(F)c1cccc(COC2CCC3(CC2)OCCO3)c1. The molecule has 0 bridgehead atoms. The van der Waals surface area contributed by atoms with Gasteiger partial charge in [-0.3, -0.25) is 0 Å². The van der Waals surface area contributed by atoms with Gasteiger partial charge in [-0.15, -0.1) is 0 Å². The maximum absolute atomic E-state index is 12.7. The van der Waals surface area contributed by atoms with E-state index in [2.05, 4.69) is 0 Å². The molecule has 0 radical (unpaired) electrons. The lowest BCUT2D eigenvalue weighted by molar-refractivity contribution is -0.192. The summed E-state index contributed by atoms with van der Waals surface area (Å²) in [5, 5.41) is 0. The largest absolute Gasteiger partial charge is 0.416 e. The van der Waals surface area contributed by atoms with E-state index in [0.29, 0.717) is 18.8 Å². The van der Waals surface area contributed by atoms with Crippen LogP contribution >= 0.6 is 0 Å². The molecule has 3 nitrogen and oxygen atoms in total. The van der Waals surface area contributed by atoms with Crippen LogP contribution in [0.1, 0.15) is 36.8 Å². The van der Waals surface area contributed by atoms with Gasteiger partial charge < -0.3 is 14.2 Å². The Hall–Kier alpha value is -1.11. The molecular formula is C16H19F3O3. The van der Waals surface area contributed by atoms with Gasteiger partial charge in [-0.2, -0.15) is 13.2 Å². The first-order valence-corrected chi connectivity index (χ1v) is 7.53. The van der Waals surface area contributed by atoms with Gasteiger partial charge in [-0.1, -0.05) is 12.1 Å². The molecule has 22 heavy (non-hydrogen) atoms. The average molecular weight is 316 g/mol. The fourth-order valence-electron chi connectivity index (χ4n) is 3.04. The van der Waals surface area contributed by atoms with Gasteiger partial charge in [0.2, 0.25) is 0 Å². The summed E-state index contributed by atoms with van der Waals surface area (Å²) in [7, 11) is 0. The molecule has 0 aromatic heterocycles. The number of benzene rings is 1. The molecule has 1 spiro atoms. The van der Waals surface area contributed by atoms with Crippen LogP contribution < -0.4 is 0 Å². The minimum absolute atomic E-state index is 0.0490. The lowest BCUT2D eigenvalue weighted by Gasteiger charge is -2.35. The maximum atomic E-state index is 12.7. The van der Waals surface area contributed by atoms with Gasteiger partial charge in [-0.25, -0.2) is 0 Å². The first-order valence-electron chi connectivity index (χ1n) is 7.53. The topological polar surface area (TPSA) is 27.7 Å². The Kier molecular flexibility index (Phi) is 4.43. The maximum Gasteiger partial charge on any atom is 0.416 e. The van der Waals surface area contributed by atoms with Crippen LogP contribution in [-0.2, 0) is 27.0 Å². The smallest absolute Gasteiger partial charge is 0.374 e. The number of alkyl halides is 3. The molecule has 122 valence electrons. The molecule has 1 aliphatic heterocycles. The lowest BCUT2D eigenvalue weighted by atomic mass is 9.92. The van der Waals surface area contributed by atoms with Gasteiger partial charge in [0.25, 0.3) is 0 Å². The third-order valence-corrected chi connectivity index (χ3v) is 4.25. The predicted molar refractivity (Wildman–Crippen MR) is 73.1 cm³/mol. The van der Waals surface area contributed by atoms with Crippen molar-refractivity contribution >= 4 is 0 Å². The fraction of sp³-hybridized carbons (Fsp3) is 0.625. The van der Waals surface area contributed by atoms with E-state index in [9.17, 15) is 13.2 Å². The summed E-state index contributed by atoms with van der Waals surface area (Å²) in [5.74, 6) is -0.434. The van der Waals surface area contributed by atoms with Gasteiger partial charge >= 0.3 is 6.18 Å². The van der Waals surface area contributed by atoms with Crippen LogP contribution in [0.5, 0.6) is 0 Å². The van der Waals surface area contributed by atoms with Crippen molar-refractivity contribution in [1.29, 1.82) is 0 Å². The highest BCUT2D eigenvalue weighted by molar-refractivity contribution is 5.25. The number of halogens is 3. The summed E-state index contributed by atoms with van der Waals surface area (Å²) < 4.78 is 55.0. The molecule has 0 N–H and O–H groups in total. The molecule has 1 aliphatic carbocycles. The van der Waals surface area contributed by atoms with E-state index >= 15 is 0 Å². The van der Waals surface area contributed by atoms with Gasteiger partial charge in [0.05, 0.1) is 31.5 Å². The highest BCUT2D eigenvalue weighted by Crippen LogP contribution is 2.37. The predicted octanol–water partition coefficient (Wildman–Crippen LogP) is 3.91. The Morgan fingerprint density at radius 2 is 1.82 bits per heavy atom. The van der Waals surface area contributed by atoms with Crippen molar-refractivity contribution in [2.75, 3.05) is 13.2 Å². The number of hydrogen-bond acceptors (Lipinski definition) is 3. The van der Waals surface area contributed by atoms with E-state index in [1.807, 2.05) is 0 Å². The summed E-state index contributed by atoms with van der Waals surface area (Å²) in [5.41, 5.74) is -0.0903. The van der Waals surface area contributed by atoms with Crippen molar-refractivity contribution < 1.29 is 27.4 Å². The van der Waals surface area contributed by atoms with Crippen molar-refractivity contribution in [3.05, 3.63) is 35.4 Å². The molecule has 1 aromatic rings. The van der Waals surface area contributed by atoms with E-state index in [1.165, 1.54) is 6.07 Å². The summed E-state index contributed by atoms with van der Waals surface area (Å²) in [6.45, 7) is 1.47. The molecule has 6 heteroatoms. The Morgan fingerprint density at radius 1 is 1.14 bits per heavy atom. The molecular weight excluding hydrogens is 297 g/mol. The molecule has 0 amide bonds. The van der Waals surface area contributed by atoms with E-state index < -0.39 is 17.5 Å².